The number of halogens is 3. The number of hydrogen-bond donors (Lipinski definition) is 0. The van der Waals surface area contributed by atoms with Crippen LogP contribution in [0.15, 0.2) is 29.2 Å². The van der Waals surface area contributed by atoms with Gasteiger partial charge in [-0.05, 0) is 30.5 Å². The zero-order valence-corrected chi connectivity index (χ0v) is 10.2. The SMILES string of the molecule is CCCCCCc1ccc(S(F)(F)F)cc1. The van der Waals surface area contributed by atoms with Crippen LogP contribution in [0.3, 0.4) is 0 Å². The molecule has 0 N–H and O–H groups in total. The van der Waals surface area contributed by atoms with Crippen molar-refractivity contribution in [3.63, 3.8) is 0 Å². The number of hydrogen-bond acceptors (Lipinski definition) is 0. The van der Waals surface area contributed by atoms with Gasteiger partial charge in [-0.3, -0.25) is 0 Å². The van der Waals surface area contributed by atoms with Gasteiger partial charge in [0.1, 0.15) is 0 Å². The van der Waals surface area contributed by atoms with Gasteiger partial charge in [0, 0.05) is 0 Å². The van der Waals surface area contributed by atoms with E-state index in [-0.39, 0.29) is 0 Å². The Hall–Kier alpha value is -0.640. The minimum Gasteiger partial charge on any atom is -0.120 e. The number of unbranched alkanes of at least 4 members (excludes halogenated alkanes) is 3. The lowest BCUT2D eigenvalue weighted by molar-refractivity contribution is 0.633. The molecule has 0 nitrogen and oxygen atoms in total. The number of benzene rings is 1. The van der Waals surface area contributed by atoms with Crippen molar-refractivity contribution in [2.75, 3.05) is 0 Å². The number of aryl methyl sites for hydroxylation is 1. The van der Waals surface area contributed by atoms with Crippen molar-refractivity contribution in [2.45, 2.75) is 43.9 Å². The van der Waals surface area contributed by atoms with Crippen molar-refractivity contribution in [1.82, 2.24) is 0 Å². The second-order valence-corrected chi connectivity index (χ2v) is 5.15. The zero-order chi connectivity index (χ0) is 12.0. The molecule has 92 valence electrons. The Balaban J connectivity index is 2.46. The first-order valence-corrected chi connectivity index (χ1v) is 6.88. The van der Waals surface area contributed by atoms with E-state index in [0.717, 1.165) is 24.8 Å². The molecule has 0 amide bonds. The van der Waals surface area contributed by atoms with Crippen LogP contribution in [-0.4, -0.2) is 0 Å². The third kappa shape index (κ3) is 4.47. The van der Waals surface area contributed by atoms with Crippen LogP contribution < -0.4 is 0 Å². The van der Waals surface area contributed by atoms with Gasteiger partial charge in [-0.15, -0.1) is 11.7 Å². The van der Waals surface area contributed by atoms with Crippen molar-refractivity contribution in [3.8, 4) is 0 Å². The smallest absolute Gasteiger partial charge is 0.120 e. The van der Waals surface area contributed by atoms with E-state index in [1.165, 1.54) is 25.0 Å². The maximum absolute atomic E-state index is 12.4. The zero-order valence-electron chi connectivity index (χ0n) is 9.39. The predicted octanol–water partition coefficient (Wildman–Crippen LogP) is 5.63. The van der Waals surface area contributed by atoms with Gasteiger partial charge in [-0.25, -0.2) is 0 Å². The van der Waals surface area contributed by atoms with E-state index < -0.39 is 16.1 Å². The van der Waals surface area contributed by atoms with Crippen molar-refractivity contribution in [1.29, 1.82) is 0 Å². The maximum Gasteiger partial charge on any atom is 0.237 e. The highest BCUT2D eigenvalue weighted by atomic mass is 32.3. The molecule has 4 heteroatoms. The van der Waals surface area contributed by atoms with E-state index >= 15 is 0 Å². The van der Waals surface area contributed by atoms with Crippen molar-refractivity contribution < 1.29 is 11.7 Å². The first-order valence-electron chi connectivity index (χ1n) is 5.55. The Morgan fingerprint density at radius 2 is 1.56 bits per heavy atom. The molecule has 0 fully saturated rings. The fraction of sp³-hybridized carbons (Fsp3) is 0.500. The van der Waals surface area contributed by atoms with Crippen molar-refractivity contribution in [2.24, 2.45) is 0 Å². The van der Waals surface area contributed by atoms with E-state index in [1.54, 1.807) is 12.1 Å². The van der Waals surface area contributed by atoms with Gasteiger partial charge in [0.25, 0.3) is 0 Å². The lowest BCUT2D eigenvalue weighted by Crippen LogP contribution is -1.87. The Labute approximate surface area is 97.1 Å². The Morgan fingerprint density at radius 1 is 0.938 bits per heavy atom. The quantitative estimate of drug-likeness (QED) is 0.574. The van der Waals surface area contributed by atoms with E-state index in [4.69, 9.17) is 0 Å². The summed E-state index contributed by atoms with van der Waals surface area (Å²) < 4.78 is 37.1. The van der Waals surface area contributed by atoms with Crippen LogP contribution >= 0.6 is 11.2 Å². The summed E-state index contributed by atoms with van der Waals surface area (Å²) in [6.45, 7) is 2.14. The highest BCUT2D eigenvalue weighted by Gasteiger charge is 2.23. The fourth-order valence-electron chi connectivity index (χ4n) is 1.57. The molecule has 0 unspecified atom stereocenters. The normalized spacial score (nSPS) is 12.8. The topological polar surface area (TPSA) is 0 Å². The maximum atomic E-state index is 12.4. The largest absolute Gasteiger partial charge is 0.237 e. The van der Waals surface area contributed by atoms with Gasteiger partial charge in [0.15, 0.2) is 0 Å². The fourth-order valence-corrected chi connectivity index (χ4v) is 2.01. The molecule has 1 aromatic rings. The summed E-state index contributed by atoms with van der Waals surface area (Å²) in [5, 5.41) is 0. The average Bonchev–Trinajstić information content (AvgIpc) is 2.24. The van der Waals surface area contributed by atoms with Crippen LogP contribution in [-0.2, 0) is 6.42 Å². The van der Waals surface area contributed by atoms with Gasteiger partial charge in [-0.2, -0.15) is 0 Å². The highest BCUT2D eigenvalue weighted by Crippen LogP contribution is 2.60. The molecule has 0 aliphatic rings. The summed E-state index contributed by atoms with van der Waals surface area (Å²) in [4.78, 5) is -0.482. The third-order valence-electron chi connectivity index (χ3n) is 2.51. The molecule has 1 rings (SSSR count). The number of rotatable bonds is 6. The molecule has 0 aliphatic carbocycles. The second kappa shape index (κ2) is 6.18. The standard InChI is InChI=1S/C12H17F3S/c1-2-3-4-5-6-11-7-9-12(10-8-11)16(13,14)15/h7-10H,2-6H2,1H3. The average molecular weight is 250 g/mol. The lowest BCUT2D eigenvalue weighted by Gasteiger charge is -2.10. The van der Waals surface area contributed by atoms with Crippen LogP contribution in [0.1, 0.15) is 38.2 Å². The van der Waals surface area contributed by atoms with Gasteiger partial charge >= 0.3 is 0 Å². The van der Waals surface area contributed by atoms with Gasteiger partial charge in [0.05, 0.1) is 4.90 Å². The summed E-state index contributed by atoms with van der Waals surface area (Å²) in [6, 6.07) is 5.60. The monoisotopic (exact) mass is 250 g/mol. The summed E-state index contributed by atoms with van der Waals surface area (Å²) in [5.74, 6) is 0. The molecule has 1 aromatic carbocycles. The minimum atomic E-state index is -5.05. The second-order valence-electron chi connectivity index (χ2n) is 3.86. The van der Waals surface area contributed by atoms with Gasteiger partial charge < -0.3 is 0 Å². The summed E-state index contributed by atoms with van der Waals surface area (Å²) >= 11 is -5.05. The van der Waals surface area contributed by atoms with Gasteiger partial charge in [-0.1, -0.05) is 38.3 Å². The first kappa shape index (κ1) is 13.4. The van der Waals surface area contributed by atoms with E-state index in [9.17, 15) is 11.7 Å². The summed E-state index contributed by atoms with van der Waals surface area (Å²) in [7, 11) is 0. The third-order valence-corrected chi connectivity index (χ3v) is 3.32. The van der Waals surface area contributed by atoms with Crippen LogP contribution in [0.2, 0.25) is 0 Å². The first-order chi connectivity index (χ1) is 7.54. The van der Waals surface area contributed by atoms with E-state index in [1.807, 2.05) is 0 Å². The molecule has 16 heavy (non-hydrogen) atoms. The summed E-state index contributed by atoms with van der Waals surface area (Å²) in [6.07, 6.45) is 5.48. The van der Waals surface area contributed by atoms with Crippen molar-refractivity contribution >= 4 is 11.2 Å². The van der Waals surface area contributed by atoms with Crippen LogP contribution in [0.25, 0.3) is 0 Å². The molecule has 0 saturated heterocycles. The Kier molecular flexibility index (Phi) is 5.19. The van der Waals surface area contributed by atoms with Crippen LogP contribution in [0.4, 0.5) is 11.7 Å². The molecule has 0 aliphatic heterocycles. The summed E-state index contributed by atoms with van der Waals surface area (Å²) in [5.41, 5.74) is 1.00. The molecular weight excluding hydrogens is 233 g/mol. The molecule has 0 radical (unpaired) electrons. The molecule has 0 aromatic heterocycles. The van der Waals surface area contributed by atoms with Crippen molar-refractivity contribution in [3.05, 3.63) is 29.8 Å². The molecule has 0 spiro atoms. The highest BCUT2D eigenvalue weighted by molar-refractivity contribution is 8.20. The van der Waals surface area contributed by atoms with Crippen LogP contribution in [0, 0.1) is 0 Å². The molecule has 0 atom stereocenters. The van der Waals surface area contributed by atoms with Gasteiger partial charge in [0.2, 0.25) is 11.2 Å². The molecule has 0 heterocycles. The molecule has 0 saturated carbocycles. The Morgan fingerprint density at radius 3 is 2.06 bits per heavy atom. The predicted molar refractivity (Wildman–Crippen MR) is 63.5 cm³/mol. The van der Waals surface area contributed by atoms with E-state index in [0.29, 0.717) is 0 Å². The molecular formula is C12H17F3S. The van der Waals surface area contributed by atoms with E-state index in [2.05, 4.69) is 6.92 Å². The Bertz CT molecular complexity index is 303. The lowest BCUT2D eigenvalue weighted by atomic mass is 10.1. The minimum absolute atomic E-state index is 0.482. The van der Waals surface area contributed by atoms with Crippen LogP contribution in [0.5, 0.6) is 0 Å². The molecule has 0 bridgehead atoms.